The van der Waals surface area contributed by atoms with Gasteiger partial charge in [-0.3, -0.25) is 0 Å². The molecule has 1 fully saturated rings. The molecule has 4 heteroatoms. The van der Waals surface area contributed by atoms with Crippen molar-refractivity contribution in [3.05, 3.63) is 22.4 Å². The van der Waals surface area contributed by atoms with Gasteiger partial charge in [-0.1, -0.05) is 0 Å². The van der Waals surface area contributed by atoms with Crippen LogP contribution < -0.4 is 5.32 Å². The van der Waals surface area contributed by atoms with Crippen LogP contribution in [-0.2, 0) is 11.2 Å². The van der Waals surface area contributed by atoms with Gasteiger partial charge in [-0.2, -0.15) is 11.3 Å². The van der Waals surface area contributed by atoms with E-state index in [1.54, 1.807) is 11.3 Å². The molecule has 1 aliphatic rings. The molecule has 0 aliphatic carbocycles. The van der Waals surface area contributed by atoms with Crippen LogP contribution in [0.2, 0.25) is 0 Å². The van der Waals surface area contributed by atoms with Crippen molar-refractivity contribution in [1.82, 2.24) is 10.2 Å². The molecule has 3 nitrogen and oxygen atoms in total. The molecule has 1 aromatic rings. The molecule has 0 spiro atoms. The smallest absolute Gasteiger partial charge is 0.0826 e. The summed E-state index contributed by atoms with van der Waals surface area (Å²) >= 11 is 1.77. The lowest BCUT2D eigenvalue weighted by Gasteiger charge is -2.31. The number of hydrogen-bond acceptors (Lipinski definition) is 4. The molecule has 17 heavy (non-hydrogen) atoms. The molecule has 2 atom stereocenters. The zero-order chi connectivity index (χ0) is 12.1. The SMILES string of the molecule is CC(Cc1ccsc1)NCC1CN(C)CCO1. The number of hydrogen-bond donors (Lipinski definition) is 1. The van der Waals surface area contributed by atoms with E-state index >= 15 is 0 Å². The Kier molecular flexibility index (Phi) is 4.98. The van der Waals surface area contributed by atoms with Crippen molar-refractivity contribution >= 4 is 11.3 Å². The van der Waals surface area contributed by atoms with Crippen LogP contribution in [0.3, 0.4) is 0 Å². The fourth-order valence-electron chi connectivity index (χ4n) is 2.16. The maximum atomic E-state index is 5.73. The van der Waals surface area contributed by atoms with E-state index < -0.39 is 0 Å². The first kappa shape index (κ1) is 13.0. The molecule has 1 N–H and O–H groups in total. The fraction of sp³-hybridized carbons (Fsp3) is 0.692. The summed E-state index contributed by atoms with van der Waals surface area (Å²) in [5.74, 6) is 0. The molecule has 1 aliphatic heterocycles. The molecule has 0 aromatic carbocycles. The minimum absolute atomic E-state index is 0.346. The van der Waals surface area contributed by atoms with E-state index in [0.717, 1.165) is 32.7 Å². The van der Waals surface area contributed by atoms with Crippen molar-refractivity contribution in [2.45, 2.75) is 25.5 Å². The van der Waals surface area contributed by atoms with Crippen molar-refractivity contribution in [2.24, 2.45) is 0 Å². The van der Waals surface area contributed by atoms with Crippen molar-refractivity contribution in [3.8, 4) is 0 Å². The number of likely N-dealkylation sites (N-methyl/N-ethyl adjacent to an activating group) is 1. The normalized spacial score (nSPS) is 23.8. The van der Waals surface area contributed by atoms with Gasteiger partial charge in [-0.05, 0) is 42.8 Å². The zero-order valence-corrected chi connectivity index (χ0v) is 11.5. The highest BCUT2D eigenvalue weighted by Crippen LogP contribution is 2.09. The molecule has 0 amide bonds. The van der Waals surface area contributed by atoms with E-state index in [-0.39, 0.29) is 0 Å². The molecule has 0 bridgehead atoms. The first-order valence-electron chi connectivity index (χ1n) is 6.28. The van der Waals surface area contributed by atoms with E-state index in [4.69, 9.17) is 4.74 Å². The van der Waals surface area contributed by atoms with Crippen molar-refractivity contribution in [3.63, 3.8) is 0 Å². The van der Waals surface area contributed by atoms with Gasteiger partial charge in [0.25, 0.3) is 0 Å². The first-order valence-corrected chi connectivity index (χ1v) is 7.23. The van der Waals surface area contributed by atoms with Crippen LogP contribution in [0.5, 0.6) is 0 Å². The molecule has 2 heterocycles. The average molecular weight is 254 g/mol. The van der Waals surface area contributed by atoms with Gasteiger partial charge in [-0.15, -0.1) is 0 Å². The van der Waals surface area contributed by atoms with Gasteiger partial charge in [0.1, 0.15) is 0 Å². The van der Waals surface area contributed by atoms with Gasteiger partial charge < -0.3 is 15.0 Å². The molecular weight excluding hydrogens is 232 g/mol. The number of nitrogens with one attached hydrogen (secondary N) is 1. The van der Waals surface area contributed by atoms with Gasteiger partial charge in [0.05, 0.1) is 12.7 Å². The Morgan fingerprint density at radius 2 is 2.53 bits per heavy atom. The van der Waals surface area contributed by atoms with Gasteiger partial charge in [0.2, 0.25) is 0 Å². The summed E-state index contributed by atoms with van der Waals surface area (Å²) < 4.78 is 5.73. The Morgan fingerprint density at radius 3 is 3.24 bits per heavy atom. The third-order valence-corrected chi connectivity index (χ3v) is 3.89. The molecular formula is C13H22N2OS. The molecule has 2 unspecified atom stereocenters. The van der Waals surface area contributed by atoms with Gasteiger partial charge in [0.15, 0.2) is 0 Å². The summed E-state index contributed by atoms with van der Waals surface area (Å²) in [6.07, 6.45) is 1.45. The maximum absolute atomic E-state index is 5.73. The van der Waals surface area contributed by atoms with Crippen LogP contribution in [0, 0.1) is 0 Å². The predicted octanol–water partition coefficient (Wildman–Crippen LogP) is 1.60. The third-order valence-electron chi connectivity index (χ3n) is 3.16. The topological polar surface area (TPSA) is 24.5 Å². The van der Waals surface area contributed by atoms with Crippen molar-refractivity contribution in [1.29, 1.82) is 0 Å². The van der Waals surface area contributed by atoms with E-state index in [9.17, 15) is 0 Å². The second-order valence-electron chi connectivity index (χ2n) is 4.90. The van der Waals surface area contributed by atoms with Gasteiger partial charge >= 0.3 is 0 Å². The average Bonchev–Trinajstić information content (AvgIpc) is 2.79. The molecule has 0 radical (unpaired) electrons. The molecule has 96 valence electrons. The molecule has 1 aromatic heterocycles. The van der Waals surface area contributed by atoms with E-state index in [1.807, 2.05) is 0 Å². The highest BCUT2D eigenvalue weighted by atomic mass is 32.1. The summed E-state index contributed by atoms with van der Waals surface area (Å²) in [5, 5.41) is 7.93. The van der Waals surface area contributed by atoms with E-state index in [1.165, 1.54) is 5.56 Å². The molecule has 0 saturated carbocycles. The van der Waals surface area contributed by atoms with E-state index in [0.29, 0.717) is 12.1 Å². The number of ether oxygens (including phenoxy) is 1. The Bertz CT molecular complexity index is 315. The van der Waals surface area contributed by atoms with E-state index in [2.05, 4.69) is 41.0 Å². The minimum atomic E-state index is 0.346. The van der Waals surface area contributed by atoms with Gasteiger partial charge in [0, 0.05) is 25.7 Å². The highest BCUT2D eigenvalue weighted by Gasteiger charge is 2.17. The summed E-state index contributed by atoms with van der Waals surface area (Å²) in [6.45, 7) is 6.15. The Labute approximate surface area is 108 Å². The summed E-state index contributed by atoms with van der Waals surface area (Å²) in [7, 11) is 2.16. The Hall–Kier alpha value is -0.420. The van der Waals surface area contributed by atoms with Crippen molar-refractivity contribution < 1.29 is 4.74 Å². The second-order valence-corrected chi connectivity index (χ2v) is 5.68. The molecule has 1 saturated heterocycles. The van der Waals surface area contributed by atoms with Crippen LogP contribution in [-0.4, -0.2) is 50.3 Å². The summed E-state index contributed by atoms with van der Waals surface area (Å²) in [5.41, 5.74) is 1.43. The first-order chi connectivity index (χ1) is 8.24. The third kappa shape index (κ3) is 4.39. The minimum Gasteiger partial charge on any atom is -0.374 e. The lowest BCUT2D eigenvalue weighted by molar-refractivity contribution is -0.0190. The number of rotatable bonds is 5. The Morgan fingerprint density at radius 1 is 1.65 bits per heavy atom. The van der Waals surface area contributed by atoms with Crippen molar-refractivity contribution in [2.75, 3.05) is 33.3 Å². The number of thiophene rings is 1. The number of morpholine rings is 1. The van der Waals surface area contributed by atoms with Crippen LogP contribution in [0.15, 0.2) is 16.8 Å². The fourth-order valence-corrected chi connectivity index (χ4v) is 2.84. The van der Waals surface area contributed by atoms with Crippen LogP contribution >= 0.6 is 11.3 Å². The van der Waals surface area contributed by atoms with Crippen LogP contribution in [0.1, 0.15) is 12.5 Å². The zero-order valence-electron chi connectivity index (χ0n) is 10.7. The van der Waals surface area contributed by atoms with Gasteiger partial charge in [-0.25, -0.2) is 0 Å². The number of nitrogens with zero attached hydrogens (tertiary/aromatic N) is 1. The standard InChI is InChI=1S/C13H22N2OS/c1-11(7-12-3-6-17-10-12)14-8-13-9-15(2)4-5-16-13/h3,6,10-11,13-14H,4-5,7-9H2,1-2H3. The molecule has 2 rings (SSSR count). The maximum Gasteiger partial charge on any atom is 0.0826 e. The summed E-state index contributed by atoms with van der Waals surface area (Å²) in [6, 6.07) is 2.72. The monoisotopic (exact) mass is 254 g/mol. The Balaban J connectivity index is 1.67. The second kappa shape index (κ2) is 6.50. The quantitative estimate of drug-likeness (QED) is 0.864. The lowest BCUT2D eigenvalue weighted by atomic mass is 10.1. The van der Waals surface area contributed by atoms with Crippen LogP contribution in [0.25, 0.3) is 0 Å². The lowest BCUT2D eigenvalue weighted by Crippen LogP contribution is -2.46. The van der Waals surface area contributed by atoms with Crippen LogP contribution in [0.4, 0.5) is 0 Å². The largest absolute Gasteiger partial charge is 0.374 e. The summed E-state index contributed by atoms with van der Waals surface area (Å²) in [4.78, 5) is 2.33. The predicted molar refractivity (Wildman–Crippen MR) is 72.7 cm³/mol. The highest BCUT2D eigenvalue weighted by molar-refractivity contribution is 7.07.